The van der Waals surface area contributed by atoms with E-state index >= 15 is 0 Å². The average Bonchev–Trinajstić information content (AvgIpc) is 2.94. The van der Waals surface area contributed by atoms with E-state index in [2.05, 4.69) is 13.8 Å². The van der Waals surface area contributed by atoms with Crippen molar-refractivity contribution in [3.63, 3.8) is 0 Å². The molecule has 0 heterocycles. The molecule has 234 valence electrons. The van der Waals surface area contributed by atoms with E-state index in [1.165, 1.54) is 153 Å². The Balaban J connectivity index is 3.75. The Hall–Kier alpha value is 0.330. The van der Waals surface area contributed by atoms with Crippen molar-refractivity contribution in [1.29, 1.82) is 0 Å². The molecule has 0 aromatic heterocycles. The van der Waals surface area contributed by atoms with Crippen molar-refractivity contribution < 1.29 is 18.6 Å². The van der Waals surface area contributed by atoms with Gasteiger partial charge in [0, 0.05) is 13.2 Å². The Morgan fingerprint density at radius 2 is 0.923 bits per heavy atom. The third-order valence-corrected chi connectivity index (χ3v) is 9.99. The number of hydrogen-bond donors (Lipinski definition) is 0. The summed E-state index contributed by atoms with van der Waals surface area (Å²) in [5.41, 5.74) is 0. The summed E-state index contributed by atoms with van der Waals surface area (Å²) in [4.78, 5) is 0. The fourth-order valence-electron chi connectivity index (χ4n) is 4.88. The molecule has 0 aliphatic carbocycles. The highest BCUT2D eigenvalue weighted by molar-refractivity contribution is 8.50. The topological polar surface area (TPSA) is 44.8 Å². The van der Waals surface area contributed by atoms with Gasteiger partial charge in [0.25, 0.3) is 0 Å². The fraction of sp³-hybridized carbons (Fsp3) is 1.00. The van der Waals surface area contributed by atoms with Crippen molar-refractivity contribution in [3.05, 3.63) is 0 Å². The van der Waals surface area contributed by atoms with E-state index in [1.54, 1.807) is 0 Å². The standard InChI is InChI=1S/C33H68O4PS/c1-4-7-9-11-13-15-17-19-21-23-25-27-29-35-31-33(32-39-38(34)37-6-3)36-30-28-26-24-22-20-18-16-14-12-10-8-5-2/h33H,4-32H2,1-3H3/q+1. The highest BCUT2D eigenvalue weighted by Crippen LogP contribution is 2.39. The summed E-state index contributed by atoms with van der Waals surface area (Å²) in [6.45, 7) is 9.11. The first-order valence-corrected chi connectivity index (χ1v) is 19.9. The predicted octanol–water partition coefficient (Wildman–Crippen LogP) is 12.2. The minimum Gasteiger partial charge on any atom is -0.379 e. The molecular weight excluding hydrogens is 523 g/mol. The number of unbranched alkanes of at least 4 members (excludes halogenated alkanes) is 22. The minimum atomic E-state index is -1.66. The van der Waals surface area contributed by atoms with E-state index in [0.29, 0.717) is 19.0 Å². The average molecular weight is 592 g/mol. The van der Waals surface area contributed by atoms with Gasteiger partial charge in [-0.15, -0.1) is 4.52 Å². The first-order valence-electron chi connectivity index (χ1n) is 17.2. The summed E-state index contributed by atoms with van der Waals surface area (Å²) < 4.78 is 29.3. The molecule has 0 rings (SSSR count). The van der Waals surface area contributed by atoms with Crippen LogP contribution in [0, 0.1) is 0 Å². The third-order valence-electron chi connectivity index (χ3n) is 7.40. The van der Waals surface area contributed by atoms with Crippen LogP contribution in [0.4, 0.5) is 0 Å². The molecule has 0 bridgehead atoms. The Morgan fingerprint density at radius 1 is 0.538 bits per heavy atom. The summed E-state index contributed by atoms with van der Waals surface area (Å²) >= 11 is 1.36. The Morgan fingerprint density at radius 3 is 1.33 bits per heavy atom. The Labute approximate surface area is 249 Å². The van der Waals surface area contributed by atoms with E-state index in [0.717, 1.165) is 26.1 Å². The summed E-state index contributed by atoms with van der Waals surface area (Å²) in [5.74, 6) is 0.673. The van der Waals surface area contributed by atoms with E-state index in [-0.39, 0.29) is 6.10 Å². The maximum atomic E-state index is 11.9. The lowest BCUT2D eigenvalue weighted by molar-refractivity contribution is -0.00612. The van der Waals surface area contributed by atoms with Crippen LogP contribution in [0.15, 0.2) is 0 Å². The van der Waals surface area contributed by atoms with Crippen molar-refractivity contribution in [1.82, 2.24) is 0 Å². The molecule has 2 unspecified atom stereocenters. The number of ether oxygens (including phenoxy) is 2. The van der Waals surface area contributed by atoms with Crippen molar-refractivity contribution >= 4 is 18.6 Å². The van der Waals surface area contributed by atoms with Gasteiger partial charge < -0.3 is 9.47 Å². The minimum absolute atomic E-state index is 0.000518. The van der Waals surface area contributed by atoms with Gasteiger partial charge in [0.2, 0.25) is 0 Å². The van der Waals surface area contributed by atoms with Crippen LogP contribution in [0.5, 0.6) is 0 Å². The first-order chi connectivity index (χ1) is 19.2. The van der Waals surface area contributed by atoms with E-state index in [1.807, 2.05) is 6.92 Å². The molecule has 2 atom stereocenters. The molecule has 0 aromatic carbocycles. The van der Waals surface area contributed by atoms with Crippen molar-refractivity contribution in [2.24, 2.45) is 0 Å². The summed E-state index contributed by atoms with van der Waals surface area (Å²) in [5, 5.41) is 0. The van der Waals surface area contributed by atoms with E-state index < -0.39 is 7.23 Å². The Kier molecular flexibility index (Phi) is 34.8. The lowest BCUT2D eigenvalue weighted by Crippen LogP contribution is -2.23. The normalized spacial score (nSPS) is 12.7. The molecule has 0 radical (unpaired) electrons. The van der Waals surface area contributed by atoms with Crippen molar-refractivity contribution in [3.8, 4) is 0 Å². The van der Waals surface area contributed by atoms with Gasteiger partial charge in [-0.1, -0.05) is 155 Å². The molecule has 0 spiro atoms. The van der Waals surface area contributed by atoms with Crippen LogP contribution in [0.3, 0.4) is 0 Å². The number of hydrogen-bond acceptors (Lipinski definition) is 5. The van der Waals surface area contributed by atoms with E-state index in [9.17, 15) is 4.57 Å². The van der Waals surface area contributed by atoms with Crippen LogP contribution in [-0.2, 0) is 18.6 Å². The van der Waals surface area contributed by atoms with E-state index in [4.69, 9.17) is 14.0 Å². The lowest BCUT2D eigenvalue weighted by Gasteiger charge is -2.16. The van der Waals surface area contributed by atoms with Crippen LogP contribution in [0.1, 0.15) is 175 Å². The maximum Gasteiger partial charge on any atom is 0.585 e. The summed E-state index contributed by atoms with van der Waals surface area (Å²) in [6.07, 6.45) is 32.5. The summed E-state index contributed by atoms with van der Waals surface area (Å²) in [7, 11) is -1.66. The van der Waals surface area contributed by atoms with Gasteiger partial charge in [0.1, 0.15) is 6.61 Å². The molecule has 0 aromatic rings. The quantitative estimate of drug-likeness (QED) is 0.0550. The first kappa shape index (κ1) is 39.3. The molecule has 4 nitrogen and oxygen atoms in total. The second-order valence-corrected chi connectivity index (χ2v) is 14.2. The van der Waals surface area contributed by atoms with Crippen LogP contribution in [-0.4, -0.2) is 38.3 Å². The fourth-order valence-corrected chi connectivity index (χ4v) is 7.05. The van der Waals surface area contributed by atoms with Gasteiger partial charge in [0.05, 0.1) is 18.5 Å². The zero-order valence-electron chi connectivity index (χ0n) is 26.6. The molecule has 0 aliphatic rings. The molecule has 0 aliphatic heterocycles. The van der Waals surface area contributed by atoms with Gasteiger partial charge in [-0.05, 0) is 24.3 Å². The van der Waals surface area contributed by atoms with Gasteiger partial charge in [-0.3, -0.25) is 0 Å². The van der Waals surface area contributed by atoms with Crippen LogP contribution in [0.2, 0.25) is 0 Å². The molecule has 0 fully saturated rings. The third kappa shape index (κ3) is 32.7. The molecule has 0 saturated carbocycles. The smallest absolute Gasteiger partial charge is 0.379 e. The van der Waals surface area contributed by atoms with Crippen molar-refractivity contribution in [2.45, 2.75) is 181 Å². The molecular formula is C33H68O4PS+. The van der Waals surface area contributed by atoms with Crippen LogP contribution >= 0.6 is 18.6 Å². The van der Waals surface area contributed by atoms with Gasteiger partial charge >= 0.3 is 7.23 Å². The molecule has 6 heteroatoms. The van der Waals surface area contributed by atoms with Gasteiger partial charge in [-0.2, -0.15) is 0 Å². The zero-order chi connectivity index (χ0) is 28.5. The van der Waals surface area contributed by atoms with Crippen molar-refractivity contribution in [2.75, 3.05) is 32.2 Å². The molecule has 39 heavy (non-hydrogen) atoms. The molecule has 0 saturated heterocycles. The second kappa shape index (κ2) is 34.5. The highest BCUT2D eigenvalue weighted by atomic mass is 32.7. The van der Waals surface area contributed by atoms with Gasteiger partial charge in [0.15, 0.2) is 11.4 Å². The highest BCUT2D eigenvalue weighted by Gasteiger charge is 2.23. The maximum absolute atomic E-state index is 11.9. The Bertz CT molecular complexity index is 481. The van der Waals surface area contributed by atoms with Gasteiger partial charge in [-0.25, -0.2) is 0 Å². The SMILES string of the molecule is CCCCCCCCCCCCCCOCC(CS[P+](=O)OCC)OCCCCCCCCCCCCCC. The molecule has 0 amide bonds. The van der Waals surface area contributed by atoms with Crippen LogP contribution < -0.4 is 0 Å². The lowest BCUT2D eigenvalue weighted by atomic mass is 10.1. The monoisotopic (exact) mass is 591 g/mol. The molecule has 0 N–H and O–H groups in total. The second-order valence-electron chi connectivity index (χ2n) is 11.3. The number of rotatable bonds is 34. The largest absolute Gasteiger partial charge is 0.585 e. The summed E-state index contributed by atoms with van der Waals surface area (Å²) in [6, 6.07) is 0. The zero-order valence-corrected chi connectivity index (χ0v) is 28.3. The van der Waals surface area contributed by atoms with Crippen LogP contribution in [0.25, 0.3) is 0 Å². The predicted molar refractivity (Wildman–Crippen MR) is 174 cm³/mol.